The van der Waals surface area contributed by atoms with Gasteiger partial charge < -0.3 is 14.2 Å². The lowest BCUT2D eigenvalue weighted by molar-refractivity contribution is -0.137. The first kappa shape index (κ1) is 23.7. The van der Waals surface area contributed by atoms with Crippen molar-refractivity contribution in [1.29, 1.82) is 0 Å². The number of pyridine rings is 1. The normalized spacial score (nSPS) is 15.0. The van der Waals surface area contributed by atoms with E-state index in [-0.39, 0.29) is 29.1 Å². The SMILES string of the molecule is CC(C)OC(=O)N1CCC(n2cccc2C(=O)NNc2ncc(C(F)(F)F)cc2Cl)CC1. The Kier molecular flexibility index (Phi) is 7.17. The number of alkyl halides is 3. The maximum absolute atomic E-state index is 12.7. The second kappa shape index (κ2) is 9.68. The molecule has 12 heteroatoms. The van der Waals surface area contributed by atoms with Gasteiger partial charge in [0.1, 0.15) is 5.69 Å². The molecule has 0 bridgehead atoms. The van der Waals surface area contributed by atoms with Gasteiger partial charge in [0.15, 0.2) is 5.82 Å². The van der Waals surface area contributed by atoms with Crippen LogP contribution in [0.3, 0.4) is 0 Å². The smallest absolute Gasteiger partial charge is 0.417 e. The van der Waals surface area contributed by atoms with Crippen LogP contribution in [0.1, 0.15) is 48.8 Å². The molecule has 0 spiro atoms. The van der Waals surface area contributed by atoms with Crippen LogP contribution in [-0.4, -0.2) is 45.6 Å². The average Bonchev–Trinajstić information content (AvgIpc) is 3.21. The molecule has 0 aromatic carbocycles. The van der Waals surface area contributed by atoms with E-state index < -0.39 is 17.6 Å². The summed E-state index contributed by atoms with van der Waals surface area (Å²) in [5.74, 6) is -0.613. The summed E-state index contributed by atoms with van der Waals surface area (Å²) in [6, 6.07) is 4.07. The molecule has 0 radical (unpaired) electrons. The first-order valence-corrected chi connectivity index (χ1v) is 10.4. The lowest BCUT2D eigenvalue weighted by atomic mass is 10.0. The van der Waals surface area contributed by atoms with Crippen molar-refractivity contribution in [3.8, 4) is 0 Å². The van der Waals surface area contributed by atoms with Crippen molar-refractivity contribution in [2.75, 3.05) is 18.5 Å². The van der Waals surface area contributed by atoms with Crippen LogP contribution in [0, 0.1) is 0 Å². The van der Waals surface area contributed by atoms with E-state index in [1.807, 2.05) is 4.57 Å². The molecule has 8 nitrogen and oxygen atoms in total. The fourth-order valence-electron chi connectivity index (χ4n) is 3.37. The fourth-order valence-corrected chi connectivity index (χ4v) is 3.59. The van der Waals surface area contributed by atoms with E-state index in [0.29, 0.717) is 37.8 Å². The fraction of sp³-hybridized carbons (Fsp3) is 0.450. The number of hydrogen-bond donors (Lipinski definition) is 2. The summed E-state index contributed by atoms with van der Waals surface area (Å²) in [5.41, 5.74) is 4.22. The number of aromatic nitrogens is 2. The van der Waals surface area contributed by atoms with Crippen LogP contribution in [0.2, 0.25) is 5.02 Å². The van der Waals surface area contributed by atoms with Crippen LogP contribution in [0.5, 0.6) is 0 Å². The minimum atomic E-state index is -4.57. The number of carbonyl (C=O) groups excluding carboxylic acids is 2. The van der Waals surface area contributed by atoms with Gasteiger partial charge in [0.2, 0.25) is 0 Å². The van der Waals surface area contributed by atoms with Crippen LogP contribution in [-0.2, 0) is 10.9 Å². The number of amides is 2. The predicted octanol–water partition coefficient (Wildman–Crippen LogP) is 4.49. The van der Waals surface area contributed by atoms with E-state index >= 15 is 0 Å². The van der Waals surface area contributed by atoms with Crippen molar-refractivity contribution >= 4 is 29.4 Å². The minimum Gasteiger partial charge on any atom is -0.447 e. The number of hydrazine groups is 1. The molecule has 0 aliphatic carbocycles. The summed E-state index contributed by atoms with van der Waals surface area (Å²) >= 11 is 5.84. The minimum absolute atomic E-state index is 0.00151. The molecule has 1 aliphatic heterocycles. The van der Waals surface area contributed by atoms with Crippen molar-refractivity contribution < 1.29 is 27.5 Å². The molecule has 0 atom stereocenters. The van der Waals surface area contributed by atoms with E-state index in [9.17, 15) is 22.8 Å². The average molecular weight is 474 g/mol. The third-order valence-electron chi connectivity index (χ3n) is 4.93. The van der Waals surface area contributed by atoms with E-state index in [1.165, 1.54) is 0 Å². The van der Waals surface area contributed by atoms with Gasteiger partial charge in [-0.15, -0.1) is 0 Å². The van der Waals surface area contributed by atoms with E-state index in [0.717, 1.165) is 6.07 Å². The molecular formula is C20H23ClF3N5O3. The summed E-state index contributed by atoms with van der Waals surface area (Å²) in [5, 5.41) is -0.281. The first-order valence-electron chi connectivity index (χ1n) is 9.97. The Labute approximate surface area is 187 Å². The molecule has 32 heavy (non-hydrogen) atoms. The molecular weight excluding hydrogens is 451 g/mol. The Morgan fingerprint density at radius 1 is 1.28 bits per heavy atom. The molecule has 3 rings (SSSR count). The van der Waals surface area contributed by atoms with Crippen LogP contribution in [0.25, 0.3) is 0 Å². The van der Waals surface area contributed by atoms with Crippen molar-refractivity contribution in [3.63, 3.8) is 0 Å². The van der Waals surface area contributed by atoms with Gasteiger partial charge in [-0.05, 0) is 44.9 Å². The third-order valence-corrected chi connectivity index (χ3v) is 5.22. The first-order chi connectivity index (χ1) is 15.1. The van der Waals surface area contributed by atoms with Crippen LogP contribution < -0.4 is 10.9 Å². The summed E-state index contributed by atoms with van der Waals surface area (Å²) in [6.07, 6.45) is -1.44. The Bertz CT molecular complexity index is 972. The summed E-state index contributed by atoms with van der Waals surface area (Å²) in [6.45, 7) is 4.57. The van der Waals surface area contributed by atoms with E-state index in [2.05, 4.69) is 15.8 Å². The topological polar surface area (TPSA) is 88.5 Å². The number of ether oxygens (including phenoxy) is 1. The van der Waals surface area contributed by atoms with Gasteiger partial charge in [0.05, 0.1) is 16.7 Å². The van der Waals surface area contributed by atoms with E-state index in [4.69, 9.17) is 16.3 Å². The predicted molar refractivity (Wildman–Crippen MR) is 111 cm³/mol. The van der Waals surface area contributed by atoms with E-state index in [1.54, 1.807) is 37.1 Å². The molecule has 2 N–H and O–H groups in total. The number of nitrogens with zero attached hydrogens (tertiary/aromatic N) is 3. The van der Waals surface area contributed by atoms with Crippen LogP contribution >= 0.6 is 11.6 Å². The zero-order valence-electron chi connectivity index (χ0n) is 17.4. The zero-order chi connectivity index (χ0) is 23.5. The van der Waals surface area contributed by atoms with Gasteiger partial charge in [0.25, 0.3) is 5.91 Å². The number of likely N-dealkylation sites (tertiary alicyclic amines) is 1. The highest BCUT2D eigenvalue weighted by atomic mass is 35.5. The summed E-state index contributed by atoms with van der Waals surface area (Å²) < 4.78 is 45.2. The molecule has 0 unspecified atom stereocenters. The zero-order valence-corrected chi connectivity index (χ0v) is 18.2. The number of nitrogens with one attached hydrogen (secondary N) is 2. The maximum atomic E-state index is 12.7. The molecule has 174 valence electrons. The highest BCUT2D eigenvalue weighted by Crippen LogP contribution is 2.32. The molecule has 2 aromatic rings. The Morgan fingerprint density at radius 3 is 2.56 bits per heavy atom. The van der Waals surface area contributed by atoms with Gasteiger partial charge in [0, 0.05) is 31.5 Å². The molecule has 1 fully saturated rings. The second-order valence-corrected chi connectivity index (χ2v) is 7.99. The van der Waals surface area contributed by atoms with Gasteiger partial charge in [-0.3, -0.25) is 15.6 Å². The number of hydrogen-bond acceptors (Lipinski definition) is 5. The monoisotopic (exact) mass is 473 g/mol. The molecule has 0 saturated carbocycles. The van der Waals surface area contributed by atoms with Gasteiger partial charge in [-0.1, -0.05) is 11.6 Å². The molecule has 1 saturated heterocycles. The highest BCUT2D eigenvalue weighted by molar-refractivity contribution is 6.33. The number of piperidine rings is 1. The van der Waals surface area contributed by atoms with Crippen molar-refractivity contribution in [2.45, 2.75) is 45.0 Å². The molecule has 3 heterocycles. The third kappa shape index (κ3) is 5.64. The Morgan fingerprint density at radius 2 is 1.97 bits per heavy atom. The van der Waals surface area contributed by atoms with Crippen molar-refractivity contribution in [1.82, 2.24) is 19.9 Å². The number of carbonyl (C=O) groups is 2. The van der Waals surface area contributed by atoms with Gasteiger partial charge in [-0.2, -0.15) is 13.2 Å². The largest absolute Gasteiger partial charge is 0.447 e. The molecule has 1 aliphatic rings. The number of anilines is 1. The lowest BCUT2D eigenvalue weighted by Crippen LogP contribution is -2.41. The van der Waals surface area contributed by atoms with Crippen LogP contribution in [0.15, 0.2) is 30.6 Å². The maximum Gasteiger partial charge on any atom is 0.417 e. The second-order valence-electron chi connectivity index (χ2n) is 7.58. The van der Waals surface area contributed by atoms with Crippen molar-refractivity contribution in [2.24, 2.45) is 0 Å². The standard InChI is InChI=1S/C20H23ClF3N5O3/c1-12(2)32-19(31)28-8-5-14(6-9-28)29-7-3-4-16(29)18(30)27-26-17-15(21)10-13(11-25-17)20(22,23)24/h3-4,7,10-12,14H,5-6,8-9H2,1-2H3,(H,25,26)(H,27,30). The van der Waals surface area contributed by atoms with Gasteiger partial charge in [-0.25, -0.2) is 9.78 Å². The highest BCUT2D eigenvalue weighted by Gasteiger charge is 2.32. The number of rotatable bonds is 5. The van der Waals surface area contributed by atoms with Crippen LogP contribution in [0.4, 0.5) is 23.8 Å². The molecule has 2 aromatic heterocycles. The Balaban J connectivity index is 1.60. The summed E-state index contributed by atoms with van der Waals surface area (Å²) in [4.78, 5) is 29.9. The lowest BCUT2D eigenvalue weighted by Gasteiger charge is -2.33. The Hall–Kier alpha value is -2.95. The quantitative estimate of drug-likeness (QED) is 0.624. The van der Waals surface area contributed by atoms with Crippen molar-refractivity contribution in [3.05, 3.63) is 46.9 Å². The number of halogens is 4. The van der Waals surface area contributed by atoms with Gasteiger partial charge >= 0.3 is 12.3 Å². The summed E-state index contributed by atoms with van der Waals surface area (Å²) in [7, 11) is 0. The molecule has 2 amide bonds.